The van der Waals surface area contributed by atoms with Gasteiger partial charge in [0.2, 0.25) is 4.38 Å². The zero-order valence-electron chi connectivity index (χ0n) is 15.6. The number of hydrogen-bond donors (Lipinski definition) is 1. The summed E-state index contributed by atoms with van der Waals surface area (Å²) in [4.78, 5) is 4.61. The first-order chi connectivity index (χ1) is 13.9. The van der Waals surface area contributed by atoms with Crippen LogP contribution in [0, 0.1) is 0 Å². The third-order valence-corrected chi connectivity index (χ3v) is 6.65. The first-order valence-electron chi connectivity index (χ1n) is 8.57. The topological polar surface area (TPSA) is 107 Å². The van der Waals surface area contributed by atoms with Crippen molar-refractivity contribution < 1.29 is 17.9 Å². The molecule has 2 N–H and O–H groups in total. The van der Waals surface area contributed by atoms with E-state index in [1.807, 2.05) is 48.5 Å². The molecule has 10 heteroatoms. The van der Waals surface area contributed by atoms with Crippen molar-refractivity contribution in [3.05, 3.63) is 65.7 Å². The van der Waals surface area contributed by atoms with E-state index >= 15 is 0 Å². The maximum atomic E-state index is 11.8. The van der Waals surface area contributed by atoms with E-state index in [9.17, 15) is 8.42 Å². The maximum absolute atomic E-state index is 11.8. The van der Waals surface area contributed by atoms with Gasteiger partial charge < -0.3 is 9.47 Å². The van der Waals surface area contributed by atoms with Gasteiger partial charge in [-0.25, -0.2) is 23.6 Å². The molecule has 8 nitrogen and oxygen atoms in total. The van der Waals surface area contributed by atoms with Crippen LogP contribution in [0.1, 0.15) is 17.2 Å². The van der Waals surface area contributed by atoms with Crippen LogP contribution in [0.3, 0.4) is 0 Å². The lowest BCUT2D eigenvalue weighted by molar-refractivity contribution is 0.351. The molecule has 0 fully saturated rings. The van der Waals surface area contributed by atoms with Gasteiger partial charge in [0.1, 0.15) is 6.04 Å². The van der Waals surface area contributed by atoms with Gasteiger partial charge in [-0.2, -0.15) is 0 Å². The highest BCUT2D eigenvalue weighted by molar-refractivity contribution is 8.42. The fraction of sp³-hybridized carbons (Fsp3) is 0.158. The number of amidine groups is 1. The molecular weight excluding hydrogens is 412 g/mol. The number of fused-ring (bicyclic) bond motifs is 1. The Kier molecular flexibility index (Phi) is 5.07. The van der Waals surface area contributed by atoms with Crippen LogP contribution in [0.4, 0.5) is 0 Å². The van der Waals surface area contributed by atoms with Crippen LogP contribution in [-0.4, -0.2) is 37.2 Å². The minimum atomic E-state index is -3.95. The zero-order chi connectivity index (χ0) is 20.6. The smallest absolute Gasteiger partial charge is 0.264 e. The van der Waals surface area contributed by atoms with E-state index in [0.29, 0.717) is 16.7 Å². The van der Waals surface area contributed by atoms with Crippen LogP contribution in [0.15, 0.2) is 64.7 Å². The molecule has 1 atom stereocenters. The zero-order valence-corrected chi connectivity index (χ0v) is 17.3. The lowest BCUT2D eigenvalue weighted by Crippen LogP contribution is -2.27. The van der Waals surface area contributed by atoms with Crippen LogP contribution in [-0.2, 0) is 10.0 Å². The number of benzene rings is 2. The molecule has 0 saturated heterocycles. The summed E-state index contributed by atoms with van der Waals surface area (Å²) in [5, 5.41) is 11.5. The van der Waals surface area contributed by atoms with E-state index in [1.54, 1.807) is 25.3 Å². The molecule has 4 rings (SSSR count). The summed E-state index contributed by atoms with van der Waals surface area (Å²) in [6.07, 6.45) is 1.93. The fourth-order valence-electron chi connectivity index (χ4n) is 3.05. The Labute approximate surface area is 172 Å². The number of hydrogen-bond acceptors (Lipinski definition) is 8. The van der Waals surface area contributed by atoms with Crippen molar-refractivity contribution in [2.45, 2.75) is 6.04 Å². The van der Waals surface area contributed by atoms with Crippen LogP contribution < -0.4 is 14.6 Å². The number of rotatable bonds is 4. The number of nitrogens with two attached hydrogens (primary N) is 1. The number of methoxy groups -OCH3 is 2. The van der Waals surface area contributed by atoms with E-state index in [4.69, 9.17) is 14.6 Å². The van der Waals surface area contributed by atoms with E-state index in [0.717, 1.165) is 28.6 Å². The number of nitrogens with zero attached hydrogens (tertiary/aromatic N) is 3. The third-order valence-electron chi connectivity index (χ3n) is 4.42. The molecule has 2 heterocycles. The molecule has 2 aromatic rings. The first-order valence-corrected chi connectivity index (χ1v) is 10.9. The predicted octanol–water partition coefficient (Wildman–Crippen LogP) is 2.76. The highest BCUT2D eigenvalue weighted by Gasteiger charge is 2.37. The largest absolute Gasteiger partial charge is 0.493 e. The molecule has 0 aromatic heterocycles. The second kappa shape index (κ2) is 7.54. The fourth-order valence-corrected chi connectivity index (χ4v) is 4.62. The summed E-state index contributed by atoms with van der Waals surface area (Å²) in [5.74, 6) is 1.16. The summed E-state index contributed by atoms with van der Waals surface area (Å²) >= 11 is 0.932. The summed E-state index contributed by atoms with van der Waals surface area (Å²) in [6, 6.07) is 14.8. The molecule has 0 aliphatic carbocycles. The Balaban J connectivity index is 1.84. The Bertz CT molecular complexity index is 1140. The maximum Gasteiger partial charge on any atom is 0.264 e. The Hall–Kier alpha value is -2.82. The van der Waals surface area contributed by atoms with Gasteiger partial charge >= 0.3 is 0 Å². The van der Waals surface area contributed by atoms with Gasteiger partial charge in [0, 0.05) is 0 Å². The van der Waals surface area contributed by atoms with Crippen LogP contribution in [0.25, 0.3) is 5.70 Å². The van der Waals surface area contributed by atoms with E-state index < -0.39 is 16.1 Å². The standard InChI is InChI=1S/C19H18N4O4S2/c1-26-16-9-8-13(10-17(16)27-2)15-11-14(12-6-4-3-5-7-12)21-18-23(15)22-19(28-18)29(20,24)25/h3-11,15H,1-2H3,(H2,20,24,25). The predicted molar refractivity (Wildman–Crippen MR) is 114 cm³/mol. The van der Waals surface area contributed by atoms with Crippen molar-refractivity contribution in [1.29, 1.82) is 0 Å². The molecule has 0 amide bonds. The Morgan fingerprint density at radius 1 is 1.07 bits per heavy atom. The minimum Gasteiger partial charge on any atom is -0.493 e. The van der Waals surface area contributed by atoms with Gasteiger partial charge in [-0.05, 0) is 41.1 Å². The van der Waals surface area contributed by atoms with Crippen molar-refractivity contribution in [3.8, 4) is 11.5 Å². The van der Waals surface area contributed by atoms with Gasteiger partial charge in [-0.15, -0.1) is 5.10 Å². The third kappa shape index (κ3) is 3.74. The minimum absolute atomic E-state index is 0.190. The van der Waals surface area contributed by atoms with Crippen molar-refractivity contribution >= 4 is 37.0 Å². The summed E-state index contributed by atoms with van der Waals surface area (Å²) in [6.45, 7) is 0. The van der Waals surface area contributed by atoms with Gasteiger partial charge in [0.05, 0.1) is 19.9 Å². The number of thioether (sulfide) groups is 1. The van der Waals surface area contributed by atoms with Gasteiger partial charge in [0.15, 0.2) is 16.7 Å². The second-order valence-corrected chi connectivity index (χ2v) is 8.92. The first kappa shape index (κ1) is 19.5. The molecule has 0 saturated carbocycles. The molecule has 0 spiro atoms. The van der Waals surface area contributed by atoms with Crippen molar-refractivity contribution in [3.63, 3.8) is 0 Å². The number of sulfonamides is 1. The Morgan fingerprint density at radius 3 is 2.45 bits per heavy atom. The molecule has 2 aromatic carbocycles. The van der Waals surface area contributed by atoms with E-state index in [2.05, 4.69) is 10.1 Å². The van der Waals surface area contributed by atoms with Gasteiger partial charge in [0.25, 0.3) is 10.0 Å². The number of primary sulfonamides is 1. The summed E-state index contributed by atoms with van der Waals surface area (Å²) in [7, 11) is -0.825. The molecule has 1 unspecified atom stereocenters. The van der Waals surface area contributed by atoms with Gasteiger partial charge in [-0.1, -0.05) is 36.4 Å². The number of hydrazone groups is 1. The average Bonchev–Trinajstić information content (AvgIpc) is 3.18. The molecule has 150 valence electrons. The van der Waals surface area contributed by atoms with Crippen LogP contribution in [0.5, 0.6) is 11.5 Å². The highest BCUT2D eigenvalue weighted by atomic mass is 32.3. The number of ether oxygens (including phenoxy) is 2. The quantitative estimate of drug-likeness (QED) is 0.799. The number of aliphatic imine (C=N–C) groups is 1. The molecule has 2 aliphatic heterocycles. The van der Waals surface area contributed by atoms with E-state index in [1.165, 1.54) is 0 Å². The van der Waals surface area contributed by atoms with Crippen molar-refractivity contribution in [2.24, 2.45) is 15.2 Å². The average molecular weight is 431 g/mol. The summed E-state index contributed by atoms with van der Waals surface area (Å²) < 4.78 is 34.2. The van der Waals surface area contributed by atoms with Crippen molar-refractivity contribution in [2.75, 3.05) is 14.2 Å². The van der Waals surface area contributed by atoms with Crippen LogP contribution >= 0.6 is 11.8 Å². The monoisotopic (exact) mass is 430 g/mol. The molecule has 0 radical (unpaired) electrons. The molecule has 0 bridgehead atoms. The lowest BCUT2D eigenvalue weighted by Gasteiger charge is -2.28. The Morgan fingerprint density at radius 2 is 1.79 bits per heavy atom. The van der Waals surface area contributed by atoms with E-state index in [-0.39, 0.29) is 4.38 Å². The van der Waals surface area contributed by atoms with Crippen molar-refractivity contribution in [1.82, 2.24) is 5.01 Å². The lowest BCUT2D eigenvalue weighted by atomic mass is 10.0. The summed E-state index contributed by atoms with van der Waals surface area (Å²) in [5.41, 5.74) is 2.47. The second-order valence-electron chi connectivity index (χ2n) is 6.23. The molecule has 29 heavy (non-hydrogen) atoms. The molecule has 2 aliphatic rings. The molecular formula is C19H18N4O4S2. The van der Waals surface area contributed by atoms with Gasteiger partial charge in [-0.3, -0.25) is 0 Å². The highest BCUT2D eigenvalue weighted by Crippen LogP contribution is 2.41. The SMILES string of the molecule is COc1ccc(C2C=C(c3ccccc3)N=C3SC(S(N)(=O)=O)=NN32)cc1OC. The normalized spacial score (nSPS) is 18.5. The van der Waals surface area contributed by atoms with Crippen LogP contribution in [0.2, 0.25) is 0 Å².